The number of rotatable bonds is 6. The monoisotopic (exact) mass is 294 g/mol. The molecular weight excluding hydrogens is 260 g/mol. The molecule has 3 nitrogen and oxygen atoms in total. The van der Waals surface area contributed by atoms with Crippen LogP contribution in [0.25, 0.3) is 0 Å². The summed E-state index contributed by atoms with van der Waals surface area (Å²) in [6.07, 6.45) is 10.2. The Bertz CT molecular complexity index is 347. The van der Waals surface area contributed by atoms with Crippen LogP contribution in [0.1, 0.15) is 78.6 Å². The highest BCUT2D eigenvalue weighted by molar-refractivity contribution is 5.77. The molecule has 0 bridgehead atoms. The van der Waals surface area contributed by atoms with Gasteiger partial charge in [0.25, 0.3) is 0 Å². The Balaban J connectivity index is 1.74. The molecule has 1 amide bonds. The van der Waals surface area contributed by atoms with Crippen LogP contribution in [-0.2, 0) is 4.79 Å². The van der Waals surface area contributed by atoms with E-state index in [1.54, 1.807) is 0 Å². The van der Waals surface area contributed by atoms with Crippen molar-refractivity contribution in [2.45, 2.75) is 84.6 Å². The fraction of sp³-hybridized carbons (Fsp3) is 0.944. The molecule has 0 aromatic carbocycles. The number of carbonyl (C=O) groups excluding carboxylic acids is 1. The quantitative estimate of drug-likeness (QED) is 0.786. The second-order valence-electron chi connectivity index (χ2n) is 8.19. The zero-order valence-corrected chi connectivity index (χ0v) is 14.2. The van der Waals surface area contributed by atoms with E-state index in [0.29, 0.717) is 24.4 Å². The largest absolute Gasteiger partial charge is 0.353 e. The standard InChI is InChI=1S/C18H34N2O/c1-4-17(2,3)14-6-8-15(9-7-14)20-16(21)12-18(13-19)10-5-11-18/h14-15H,4-13,19H2,1-3H3,(H,20,21). The molecule has 0 aromatic heterocycles. The number of carbonyl (C=O) groups is 1. The summed E-state index contributed by atoms with van der Waals surface area (Å²) < 4.78 is 0. The average Bonchev–Trinajstić information content (AvgIpc) is 2.43. The molecule has 0 radical (unpaired) electrons. The van der Waals surface area contributed by atoms with Gasteiger partial charge in [0.05, 0.1) is 0 Å². The smallest absolute Gasteiger partial charge is 0.220 e. The van der Waals surface area contributed by atoms with Crippen LogP contribution in [0.2, 0.25) is 0 Å². The molecule has 2 rings (SSSR count). The van der Waals surface area contributed by atoms with Crippen molar-refractivity contribution in [2.75, 3.05) is 6.54 Å². The third-order valence-electron chi connectivity index (χ3n) is 6.49. The first kappa shape index (κ1) is 16.8. The summed E-state index contributed by atoms with van der Waals surface area (Å²) in [5.74, 6) is 1.05. The van der Waals surface area contributed by atoms with E-state index in [2.05, 4.69) is 26.1 Å². The second kappa shape index (κ2) is 6.68. The number of amides is 1. The summed E-state index contributed by atoms with van der Waals surface area (Å²) in [6, 6.07) is 0.399. The lowest BCUT2D eigenvalue weighted by Gasteiger charge is -2.41. The summed E-state index contributed by atoms with van der Waals surface area (Å²) in [4.78, 5) is 12.2. The highest BCUT2D eigenvalue weighted by atomic mass is 16.1. The van der Waals surface area contributed by atoms with E-state index in [1.807, 2.05) is 0 Å². The average molecular weight is 294 g/mol. The van der Waals surface area contributed by atoms with Crippen LogP contribution in [0.4, 0.5) is 0 Å². The molecule has 2 fully saturated rings. The van der Waals surface area contributed by atoms with Gasteiger partial charge >= 0.3 is 0 Å². The highest BCUT2D eigenvalue weighted by Crippen LogP contribution is 2.43. The Morgan fingerprint density at radius 3 is 2.29 bits per heavy atom. The molecular formula is C18H34N2O. The predicted molar refractivity (Wildman–Crippen MR) is 87.9 cm³/mol. The normalized spacial score (nSPS) is 28.8. The van der Waals surface area contributed by atoms with Crippen LogP contribution in [0.5, 0.6) is 0 Å². The lowest BCUT2D eigenvalue weighted by atomic mass is 9.66. The van der Waals surface area contributed by atoms with Crippen LogP contribution >= 0.6 is 0 Å². The first-order chi connectivity index (χ1) is 9.91. The zero-order chi connectivity index (χ0) is 15.5. The van der Waals surface area contributed by atoms with Crippen LogP contribution < -0.4 is 11.1 Å². The van der Waals surface area contributed by atoms with Crippen molar-refractivity contribution in [1.29, 1.82) is 0 Å². The van der Waals surface area contributed by atoms with Gasteiger partial charge in [0.15, 0.2) is 0 Å². The van der Waals surface area contributed by atoms with Crippen LogP contribution in [0.3, 0.4) is 0 Å². The van der Waals surface area contributed by atoms with E-state index in [9.17, 15) is 4.79 Å². The Labute approximate surface area is 130 Å². The molecule has 2 saturated carbocycles. The molecule has 21 heavy (non-hydrogen) atoms. The molecule has 0 aliphatic heterocycles. The number of nitrogens with one attached hydrogen (secondary N) is 1. The Morgan fingerprint density at radius 2 is 1.86 bits per heavy atom. The van der Waals surface area contributed by atoms with Crippen LogP contribution in [0.15, 0.2) is 0 Å². The number of hydrogen-bond acceptors (Lipinski definition) is 2. The van der Waals surface area contributed by atoms with E-state index >= 15 is 0 Å². The summed E-state index contributed by atoms with van der Waals surface area (Å²) in [6.45, 7) is 7.73. The molecule has 122 valence electrons. The van der Waals surface area contributed by atoms with E-state index in [1.165, 1.54) is 25.7 Å². The van der Waals surface area contributed by atoms with E-state index in [4.69, 9.17) is 5.73 Å². The Morgan fingerprint density at radius 1 is 1.24 bits per heavy atom. The van der Waals surface area contributed by atoms with Crippen LogP contribution in [0, 0.1) is 16.7 Å². The SMILES string of the molecule is CCC(C)(C)C1CCC(NC(=O)CC2(CN)CCC2)CC1. The Hall–Kier alpha value is -0.570. The van der Waals surface area contributed by atoms with Crippen LogP contribution in [-0.4, -0.2) is 18.5 Å². The molecule has 3 N–H and O–H groups in total. The molecule has 0 atom stereocenters. The summed E-state index contributed by atoms with van der Waals surface area (Å²) in [7, 11) is 0. The van der Waals surface area contributed by atoms with Crippen molar-refractivity contribution in [1.82, 2.24) is 5.32 Å². The minimum absolute atomic E-state index is 0.130. The van der Waals surface area contributed by atoms with Gasteiger partial charge in [0.1, 0.15) is 0 Å². The molecule has 0 aromatic rings. The highest BCUT2D eigenvalue weighted by Gasteiger charge is 2.38. The number of nitrogens with two attached hydrogens (primary N) is 1. The van der Waals surface area contributed by atoms with E-state index in [0.717, 1.165) is 31.6 Å². The van der Waals surface area contributed by atoms with Crippen molar-refractivity contribution in [2.24, 2.45) is 22.5 Å². The fourth-order valence-corrected chi connectivity index (χ4v) is 4.06. The van der Waals surface area contributed by atoms with E-state index in [-0.39, 0.29) is 11.3 Å². The molecule has 0 unspecified atom stereocenters. The summed E-state index contributed by atoms with van der Waals surface area (Å²) >= 11 is 0. The molecule has 2 aliphatic rings. The van der Waals surface area contributed by atoms with E-state index < -0.39 is 0 Å². The lowest BCUT2D eigenvalue weighted by Crippen LogP contribution is -2.45. The van der Waals surface area contributed by atoms with Gasteiger partial charge in [-0.1, -0.05) is 33.6 Å². The first-order valence-corrected chi connectivity index (χ1v) is 8.90. The van der Waals surface area contributed by atoms with Gasteiger partial charge in [-0.25, -0.2) is 0 Å². The molecule has 0 saturated heterocycles. The molecule has 0 heterocycles. The first-order valence-electron chi connectivity index (χ1n) is 8.90. The van der Waals surface area contributed by atoms with Gasteiger partial charge in [-0.15, -0.1) is 0 Å². The van der Waals surface area contributed by atoms with Crippen molar-refractivity contribution in [3.63, 3.8) is 0 Å². The maximum absolute atomic E-state index is 12.2. The third kappa shape index (κ3) is 4.00. The predicted octanol–water partition coefficient (Wildman–Crippen LogP) is 3.62. The fourth-order valence-electron chi connectivity index (χ4n) is 4.06. The third-order valence-corrected chi connectivity index (χ3v) is 6.49. The van der Waals surface area contributed by atoms with Gasteiger partial charge in [-0.3, -0.25) is 4.79 Å². The van der Waals surface area contributed by atoms with Gasteiger partial charge in [-0.05, 0) is 61.8 Å². The lowest BCUT2D eigenvalue weighted by molar-refractivity contribution is -0.125. The topological polar surface area (TPSA) is 55.1 Å². The second-order valence-corrected chi connectivity index (χ2v) is 8.19. The molecule has 2 aliphatic carbocycles. The molecule has 0 spiro atoms. The minimum atomic E-state index is 0.130. The maximum Gasteiger partial charge on any atom is 0.220 e. The number of hydrogen-bond donors (Lipinski definition) is 2. The van der Waals surface area contributed by atoms with Crippen molar-refractivity contribution >= 4 is 5.91 Å². The maximum atomic E-state index is 12.2. The van der Waals surface area contributed by atoms with Crippen molar-refractivity contribution in [3.8, 4) is 0 Å². The molecule has 3 heteroatoms. The van der Waals surface area contributed by atoms with Gasteiger partial charge in [0.2, 0.25) is 5.91 Å². The van der Waals surface area contributed by atoms with Crippen molar-refractivity contribution in [3.05, 3.63) is 0 Å². The minimum Gasteiger partial charge on any atom is -0.353 e. The Kier molecular flexibility index (Phi) is 5.34. The zero-order valence-electron chi connectivity index (χ0n) is 14.2. The summed E-state index contributed by atoms with van der Waals surface area (Å²) in [5.41, 5.74) is 6.43. The van der Waals surface area contributed by atoms with Gasteiger partial charge < -0.3 is 11.1 Å². The van der Waals surface area contributed by atoms with Gasteiger partial charge in [0, 0.05) is 12.5 Å². The summed E-state index contributed by atoms with van der Waals surface area (Å²) in [5, 5.41) is 3.27. The van der Waals surface area contributed by atoms with Crippen molar-refractivity contribution < 1.29 is 4.79 Å². The van der Waals surface area contributed by atoms with Gasteiger partial charge in [-0.2, -0.15) is 0 Å².